The van der Waals surface area contributed by atoms with Gasteiger partial charge in [-0.15, -0.1) is 0 Å². The van der Waals surface area contributed by atoms with Gasteiger partial charge < -0.3 is 9.84 Å². The van der Waals surface area contributed by atoms with Crippen molar-refractivity contribution in [3.8, 4) is 5.75 Å². The Morgan fingerprint density at radius 3 is 2.82 bits per heavy atom. The molecule has 3 aliphatic carbocycles. The number of rotatable bonds is 1. The summed E-state index contributed by atoms with van der Waals surface area (Å²) >= 11 is 0. The van der Waals surface area contributed by atoms with E-state index in [2.05, 4.69) is 19.1 Å². The van der Waals surface area contributed by atoms with E-state index in [1.807, 2.05) is 6.07 Å². The topological polar surface area (TPSA) is 66.8 Å². The molecule has 1 spiro atoms. The van der Waals surface area contributed by atoms with Crippen LogP contribution >= 0.6 is 0 Å². The molecule has 1 aromatic rings. The molecule has 150 valence electrons. The highest BCUT2D eigenvalue weighted by atomic mass is 16.5. The second-order valence-electron chi connectivity index (χ2n) is 9.54. The molecule has 0 radical (unpaired) electrons. The van der Waals surface area contributed by atoms with Gasteiger partial charge >= 0.3 is 0 Å². The lowest BCUT2D eigenvalue weighted by Gasteiger charge is -2.58. The number of carbonyl (C=O) groups is 2. The van der Waals surface area contributed by atoms with E-state index < -0.39 is 6.10 Å². The molecular formula is C23H29NO4. The average molecular weight is 383 g/mol. The predicted octanol–water partition coefficient (Wildman–Crippen LogP) is 3.04. The minimum atomic E-state index is -0.453. The highest BCUT2D eigenvalue weighted by Crippen LogP contribution is 2.72. The monoisotopic (exact) mass is 383 g/mol. The van der Waals surface area contributed by atoms with Crippen molar-refractivity contribution in [1.29, 1.82) is 0 Å². The molecule has 1 aliphatic heterocycles. The van der Waals surface area contributed by atoms with Crippen LogP contribution in [0.3, 0.4) is 0 Å². The maximum atomic E-state index is 12.9. The van der Waals surface area contributed by atoms with Crippen LogP contribution in [0, 0.1) is 16.7 Å². The molecule has 4 aliphatic rings. The number of aliphatic hydroxyl groups is 1. The van der Waals surface area contributed by atoms with Crippen LogP contribution in [-0.4, -0.2) is 41.1 Å². The van der Waals surface area contributed by atoms with E-state index in [9.17, 15) is 14.7 Å². The molecule has 2 amide bonds. The van der Waals surface area contributed by atoms with Crippen molar-refractivity contribution in [2.24, 2.45) is 16.7 Å². The number of ether oxygens (including phenoxy) is 1. The van der Waals surface area contributed by atoms with Crippen LogP contribution in [0.15, 0.2) is 18.2 Å². The molecule has 5 nitrogen and oxygen atoms in total. The standard InChI is InChI=1S/C23H29NO4/c1-13(25)24-19-11-20(26)22(2)9-8-17-16-6-5-15(28-3)10-14(16)4-7-18(17)23(19,22)12-21(24)27/h5-6,10,17-20,26H,4,7-9,11-12H2,1-3H3/t17-,18-,19-,20+,22-,23+/m1/s1. The highest BCUT2D eigenvalue weighted by molar-refractivity contribution is 5.97. The molecule has 5 heteroatoms. The Morgan fingerprint density at radius 2 is 2.11 bits per heavy atom. The SMILES string of the molecule is COc1ccc2c(c1)CC[C@@H]1[C@@H]2CC[C@]2(C)[C@@H](O)C[C@H]3N(C(C)=O)C(=O)C[C@]132. The Kier molecular flexibility index (Phi) is 3.77. The first-order chi connectivity index (χ1) is 13.3. The summed E-state index contributed by atoms with van der Waals surface area (Å²) in [6.45, 7) is 3.66. The quantitative estimate of drug-likeness (QED) is 0.809. The molecule has 0 aromatic heterocycles. The second kappa shape index (κ2) is 5.82. The van der Waals surface area contributed by atoms with Gasteiger partial charge in [0.15, 0.2) is 0 Å². The Balaban J connectivity index is 1.63. The number of imide groups is 1. The number of benzene rings is 1. The van der Waals surface area contributed by atoms with Crippen LogP contribution < -0.4 is 4.74 Å². The van der Waals surface area contributed by atoms with E-state index in [4.69, 9.17) is 4.74 Å². The minimum Gasteiger partial charge on any atom is -0.497 e. The van der Waals surface area contributed by atoms with Crippen molar-refractivity contribution < 1.29 is 19.4 Å². The van der Waals surface area contributed by atoms with Gasteiger partial charge in [0.25, 0.3) is 0 Å². The number of aliphatic hydroxyl groups excluding tert-OH is 1. The molecule has 0 unspecified atom stereocenters. The van der Waals surface area contributed by atoms with Crippen molar-refractivity contribution in [3.63, 3.8) is 0 Å². The first-order valence-corrected chi connectivity index (χ1v) is 10.5. The van der Waals surface area contributed by atoms with Crippen LogP contribution in [0.2, 0.25) is 0 Å². The van der Waals surface area contributed by atoms with Gasteiger partial charge in [0.1, 0.15) is 5.75 Å². The Hall–Kier alpha value is -1.88. The number of fused-ring (bicyclic) bond motifs is 3. The second-order valence-corrected chi connectivity index (χ2v) is 9.54. The van der Waals surface area contributed by atoms with Crippen LogP contribution in [0.4, 0.5) is 0 Å². The molecule has 1 aromatic carbocycles. The molecule has 1 N–H and O–H groups in total. The zero-order valence-corrected chi connectivity index (χ0v) is 16.9. The van der Waals surface area contributed by atoms with E-state index in [-0.39, 0.29) is 28.7 Å². The minimum absolute atomic E-state index is 0.0446. The number of hydrogen-bond donors (Lipinski definition) is 1. The molecule has 1 heterocycles. The Morgan fingerprint density at radius 1 is 1.32 bits per heavy atom. The van der Waals surface area contributed by atoms with Crippen LogP contribution in [-0.2, 0) is 16.0 Å². The zero-order chi connectivity index (χ0) is 19.8. The van der Waals surface area contributed by atoms with Crippen molar-refractivity contribution in [1.82, 2.24) is 4.90 Å². The van der Waals surface area contributed by atoms with Gasteiger partial charge in [-0.25, -0.2) is 0 Å². The fourth-order valence-corrected chi connectivity index (χ4v) is 7.58. The first kappa shape index (κ1) is 18.2. The van der Waals surface area contributed by atoms with E-state index >= 15 is 0 Å². The zero-order valence-electron chi connectivity index (χ0n) is 16.9. The third-order valence-corrected chi connectivity index (χ3v) is 8.80. The summed E-state index contributed by atoms with van der Waals surface area (Å²) in [4.78, 5) is 26.7. The Bertz CT molecular complexity index is 866. The molecule has 1 saturated heterocycles. The summed E-state index contributed by atoms with van der Waals surface area (Å²) in [5.74, 6) is 1.38. The van der Waals surface area contributed by atoms with Gasteiger partial charge in [0, 0.05) is 30.2 Å². The fraction of sp³-hybridized carbons (Fsp3) is 0.652. The lowest BCUT2D eigenvalue weighted by atomic mass is 9.46. The maximum Gasteiger partial charge on any atom is 0.230 e. The summed E-state index contributed by atoms with van der Waals surface area (Å²) < 4.78 is 5.42. The van der Waals surface area contributed by atoms with Crippen LogP contribution in [0.5, 0.6) is 5.75 Å². The van der Waals surface area contributed by atoms with Crippen molar-refractivity contribution in [2.45, 2.75) is 70.4 Å². The molecular weight excluding hydrogens is 354 g/mol. The maximum absolute atomic E-state index is 12.9. The summed E-state index contributed by atoms with van der Waals surface area (Å²) in [7, 11) is 1.70. The van der Waals surface area contributed by atoms with Gasteiger partial charge in [-0.05, 0) is 67.2 Å². The number of aryl methyl sites for hydroxylation is 1. The number of methoxy groups -OCH3 is 1. The number of amides is 2. The number of nitrogens with zero attached hydrogens (tertiary/aromatic N) is 1. The summed E-state index contributed by atoms with van der Waals surface area (Å²) in [6.07, 6.45) is 4.37. The largest absolute Gasteiger partial charge is 0.497 e. The van der Waals surface area contributed by atoms with E-state index in [1.54, 1.807) is 7.11 Å². The molecule has 28 heavy (non-hydrogen) atoms. The third kappa shape index (κ3) is 2.01. The number of likely N-dealkylation sites (tertiary alicyclic amines) is 1. The van der Waals surface area contributed by atoms with Crippen LogP contribution in [0.25, 0.3) is 0 Å². The lowest BCUT2D eigenvalue weighted by molar-refractivity contribution is -0.142. The average Bonchev–Trinajstić information content (AvgIpc) is 3.07. The summed E-state index contributed by atoms with van der Waals surface area (Å²) in [5, 5.41) is 11.1. The molecule has 3 fully saturated rings. The number of carbonyl (C=O) groups excluding carboxylic acids is 2. The van der Waals surface area contributed by atoms with Gasteiger partial charge in [0.05, 0.1) is 13.2 Å². The first-order valence-electron chi connectivity index (χ1n) is 10.5. The van der Waals surface area contributed by atoms with Gasteiger partial charge in [0.2, 0.25) is 11.8 Å². The molecule has 6 atom stereocenters. The fourth-order valence-electron chi connectivity index (χ4n) is 7.58. The van der Waals surface area contributed by atoms with Gasteiger partial charge in [-0.1, -0.05) is 13.0 Å². The summed E-state index contributed by atoms with van der Waals surface area (Å²) in [6, 6.07) is 6.23. The predicted molar refractivity (Wildman–Crippen MR) is 104 cm³/mol. The van der Waals surface area contributed by atoms with Gasteiger partial charge in [-0.3, -0.25) is 14.5 Å². The Labute approximate surface area is 166 Å². The summed E-state index contributed by atoms with van der Waals surface area (Å²) in [5.41, 5.74) is 2.11. The van der Waals surface area contributed by atoms with Crippen LogP contribution in [0.1, 0.15) is 63.0 Å². The molecule has 2 saturated carbocycles. The number of hydrogen-bond acceptors (Lipinski definition) is 4. The normalized spacial score (nSPS) is 41.1. The third-order valence-electron chi connectivity index (χ3n) is 8.80. The van der Waals surface area contributed by atoms with E-state index in [1.165, 1.54) is 23.0 Å². The smallest absolute Gasteiger partial charge is 0.230 e. The van der Waals surface area contributed by atoms with E-state index in [0.29, 0.717) is 24.7 Å². The highest BCUT2D eigenvalue weighted by Gasteiger charge is 2.73. The van der Waals surface area contributed by atoms with Crippen molar-refractivity contribution >= 4 is 11.8 Å². The molecule has 5 rings (SSSR count). The molecule has 0 bridgehead atoms. The lowest BCUT2D eigenvalue weighted by Crippen LogP contribution is -2.55. The van der Waals surface area contributed by atoms with Crippen molar-refractivity contribution in [2.75, 3.05) is 7.11 Å². The van der Waals surface area contributed by atoms with Gasteiger partial charge in [-0.2, -0.15) is 0 Å². The van der Waals surface area contributed by atoms with E-state index in [0.717, 1.165) is 31.4 Å². The van der Waals surface area contributed by atoms with Crippen molar-refractivity contribution in [3.05, 3.63) is 29.3 Å².